The summed E-state index contributed by atoms with van der Waals surface area (Å²) in [6, 6.07) is 4.09. The molecule has 2 saturated heterocycles. The summed E-state index contributed by atoms with van der Waals surface area (Å²) in [5.41, 5.74) is 0.403. The number of sulfonamides is 1. The van der Waals surface area contributed by atoms with E-state index in [0.29, 0.717) is 31.6 Å². The fraction of sp³-hybridized carbons (Fsp3) is 0.591. The molecular weight excluding hydrogens is 416 g/mol. The van der Waals surface area contributed by atoms with E-state index in [0.717, 1.165) is 23.8 Å². The van der Waals surface area contributed by atoms with Gasteiger partial charge in [-0.3, -0.25) is 9.59 Å². The summed E-state index contributed by atoms with van der Waals surface area (Å²) in [7, 11) is -4.11. The predicted octanol–water partition coefficient (Wildman–Crippen LogP) is 2.00. The molecule has 0 N–H and O–H groups in total. The molecule has 4 heterocycles. The highest BCUT2D eigenvalue weighted by Crippen LogP contribution is 2.41. The highest BCUT2D eigenvalue weighted by molar-refractivity contribution is 7.89. The third-order valence-corrected chi connectivity index (χ3v) is 8.06. The number of piperidine rings is 1. The van der Waals surface area contributed by atoms with Crippen LogP contribution in [0.2, 0.25) is 0 Å². The van der Waals surface area contributed by atoms with Crippen molar-refractivity contribution in [3.63, 3.8) is 0 Å². The minimum atomic E-state index is -4.11. The highest BCUT2D eigenvalue weighted by atomic mass is 32.2. The van der Waals surface area contributed by atoms with Gasteiger partial charge in [0.2, 0.25) is 11.8 Å². The van der Waals surface area contributed by atoms with Crippen LogP contribution in [0.1, 0.15) is 45.4 Å². The van der Waals surface area contributed by atoms with Gasteiger partial charge >= 0.3 is 0 Å². The lowest BCUT2D eigenvalue weighted by molar-refractivity contribution is -0.134. The number of rotatable bonds is 7. The number of amides is 2. The van der Waals surface area contributed by atoms with Crippen LogP contribution in [-0.4, -0.2) is 71.5 Å². The molecule has 8 nitrogen and oxygen atoms in total. The first-order valence-corrected chi connectivity index (χ1v) is 12.6. The number of hydrogen-bond donors (Lipinski definition) is 0. The van der Waals surface area contributed by atoms with Crippen LogP contribution < -0.4 is 0 Å². The quantitative estimate of drug-likeness (QED) is 0.636. The van der Waals surface area contributed by atoms with E-state index in [1.54, 1.807) is 23.1 Å². The number of carbonyl (C=O) groups excluding carboxylic acids is 2. The van der Waals surface area contributed by atoms with Crippen molar-refractivity contribution in [3.05, 3.63) is 36.2 Å². The summed E-state index contributed by atoms with van der Waals surface area (Å²) in [4.78, 5) is 34.3. The van der Waals surface area contributed by atoms with Crippen molar-refractivity contribution in [2.75, 3.05) is 26.2 Å². The van der Waals surface area contributed by atoms with Crippen LogP contribution >= 0.6 is 0 Å². The molecule has 0 saturated carbocycles. The predicted molar refractivity (Wildman–Crippen MR) is 115 cm³/mol. The Morgan fingerprint density at radius 2 is 1.97 bits per heavy atom. The average molecular weight is 447 g/mol. The fourth-order valence-corrected chi connectivity index (χ4v) is 6.37. The topological polar surface area (TPSA) is 90.9 Å². The van der Waals surface area contributed by atoms with Crippen LogP contribution in [0.25, 0.3) is 0 Å². The summed E-state index contributed by atoms with van der Waals surface area (Å²) in [5, 5.41) is -0.157. The van der Waals surface area contributed by atoms with Gasteiger partial charge in [-0.1, -0.05) is 25.8 Å². The first-order valence-electron chi connectivity index (χ1n) is 11.2. The van der Waals surface area contributed by atoms with E-state index < -0.39 is 27.9 Å². The molecule has 3 aliphatic rings. The number of nitrogens with zero attached hydrogens (tertiary/aromatic N) is 4. The lowest BCUT2D eigenvalue weighted by atomic mass is 9.96. The molecule has 4 rings (SSSR count). The molecule has 0 aromatic carbocycles. The number of pyridine rings is 1. The van der Waals surface area contributed by atoms with Crippen LogP contribution in [0.5, 0.6) is 0 Å². The van der Waals surface area contributed by atoms with Gasteiger partial charge in [-0.05, 0) is 50.6 Å². The van der Waals surface area contributed by atoms with Crippen LogP contribution in [0.4, 0.5) is 0 Å². The molecule has 0 radical (unpaired) electrons. The second-order valence-corrected chi connectivity index (χ2v) is 10.2. The highest BCUT2D eigenvalue weighted by Gasteiger charge is 2.54. The number of hydrogen-bond acceptors (Lipinski definition) is 6. The number of likely N-dealkylation sites (tertiary alicyclic amines) is 1. The Labute approximate surface area is 184 Å². The number of carbonyl (C=O) groups is 2. The molecule has 3 aliphatic heterocycles. The molecule has 0 unspecified atom stereocenters. The first-order chi connectivity index (χ1) is 14.9. The van der Waals surface area contributed by atoms with E-state index in [1.165, 1.54) is 31.5 Å². The van der Waals surface area contributed by atoms with Crippen molar-refractivity contribution in [1.82, 2.24) is 19.1 Å². The monoisotopic (exact) mass is 446 g/mol. The Bertz CT molecular complexity index is 957. The maximum absolute atomic E-state index is 13.2. The molecule has 2 fully saturated rings. The summed E-state index contributed by atoms with van der Waals surface area (Å²) in [6.45, 7) is 5.05. The number of aromatic nitrogens is 1. The van der Waals surface area contributed by atoms with Gasteiger partial charge in [-0.15, -0.1) is 0 Å². The molecule has 1 aromatic rings. The van der Waals surface area contributed by atoms with Gasteiger partial charge in [-0.25, -0.2) is 9.29 Å². The molecule has 31 heavy (non-hydrogen) atoms. The molecular formula is C22H30N4O4S. The Morgan fingerprint density at radius 1 is 1.19 bits per heavy atom. The van der Waals surface area contributed by atoms with E-state index in [1.807, 2.05) is 6.92 Å². The second kappa shape index (κ2) is 9.08. The molecule has 1 aromatic heterocycles. The van der Waals surface area contributed by atoms with Gasteiger partial charge in [0.1, 0.15) is 0 Å². The zero-order valence-electron chi connectivity index (χ0n) is 17.9. The zero-order valence-corrected chi connectivity index (χ0v) is 18.8. The smallest absolute Gasteiger partial charge is 0.288 e. The van der Waals surface area contributed by atoms with Crippen LogP contribution in [0.3, 0.4) is 0 Å². The van der Waals surface area contributed by atoms with Crippen molar-refractivity contribution in [2.24, 2.45) is 5.92 Å². The van der Waals surface area contributed by atoms with Crippen molar-refractivity contribution >= 4 is 21.8 Å². The lowest BCUT2D eigenvalue weighted by Gasteiger charge is -2.30. The third kappa shape index (κ3) is 4.13. The maximum Gasteiger partial charge on any atom is 0.288 e. The minimum absolute atomic E-state index is 0.0205. The molecule has 0 bridgehead atoms. The van der Waals surface area contributed by atoms with Gasteiger partial charge in [0.05, 0.1) is 17.7 Å². The first kappa shape index (κ1) is 22.0. The van der Waals surface area contributed by atoms with Crippen LogP contribution in [0, 0.1) is 5.92 Å². The number of fused-ring (bicyclic) bond motifs is 1. The summed E-state index contributed by atoms with van der Waals surface area (Å²) in [6.07, 6.45) is 8.34. The molecule has 9 heteroatoms. The molecule has 0 aliphatic carbocycles. The van der Waals surface area contributed by atoms with E-state index in [-0.39, 0.29) is 10.9 Å². The van der Waals surface area contributed by atoms with Crippen molar-refractivity contribution < 1.29 is 18.0 Å². The zero-order chi connectivity index (χ0) is 22.0. The average Bonchev–Trinajstić information content (AvgIpc) is 3.32. The van der Waals surface area contributed by atoms with Crippen molar-refractivity contribution in [3.8, 4) is 0 Å². The Morgan fingerprint density at radius 3 is 2.65 bits per heavy atom. The standard InChI is InChI=1S/C22H30N4O4S/c1-2-8-17-21-18(26(22(17)28)31(29,30)19-9-4-5-12-23-19)10-16-25(21)20(27)11-15-24-13-6-3-7-14-24/h4-5,9-10,12,17,21H,2-3,6-8,11,13-16H2,1H3/t17-,21-/m1/s1. The Hall–Kier alpha value is -2.26. The van der Waals surface area contributed by atoms with E-state index in [9.17, 15) is 18.0 Å². The third-order valence-electron chi connectivity index (χ3n) is 6.42. The largest absolute Gasteiger partial charge is 0.329 e. The minimum Gasteiger partial charge on any atom is -0.329 e. The Kier molecular flexibility index (Phi) is 6.43. The van der Waals surface area contributed by atoms with Gasteiger partial charge < -0.3 is 9.80 Å². The second-order valence-electron chi connectivity index (χ2n) is 8.44. The van der Waals surface area contributed by atoms with Gasteiger partial charge in [0, 0.05) is 25.7 Å². The van der Waals surface area contributed by atoms with E-state index in [2.05, 4.69) is 9.88 Å². The summed E-state index contributed by atoms with van der Waals surface area (Å²) >= 11 is 0. The Balaban J connectivity index is 1.55. The summed E-state index contributed by atoms with van der Waals surface area (Å²) < 4.78 is 27.4. The van der Waals surface area contributed by atoms with Gasteiger partial charge in [0.15, 0.2) is 5.03 Å². The fourth-order valence-electron chi connectivity index (χ4n) is 4.91. The molecule has 168 valence electrons. The lowest BCUT2D eigenvalue weighted by Crippen LogP contribution is -2.42. The SMILES string of the molecule is CCC[C@H]1C(=O)N(S(=O)(=O)c2ccccn2)C2=CCN(C(=O)CCN3CCCCC3)[C@@H]21. The maximum atomic E-state index is 13.2. The van der Waals surface area contributed by atoms with Gasteiger partial charge in [0.25, 0.3) is 10.0 Å². The molecule has 2 atom stereocenters. The van der Waals surface area contributed by atoms with Crippen molar-refractivity contribution in [1.29, 1.82) is 0 Å². The van der Waals surface area contributed by atoms with E-state index in [4.69, 9.17) is 0 Å². The normalized spacial score (nSPS) is 24.4. The van der Waals surface area contributed by atoms with Gasteiger partial charge in [-0.2, -0.15) is 8.42 Å². The molecule has 0 spiro atoms. The van der Waals surface area contributed by atoms with Crippen LogP contribution in [-0.2, 0) is 19.6 Å². The van der Waals surface area contributed by atoms with Crippen LogP contribution in [0.15, 0.2) is 41.2 Å². The van der Waals surface area contributed by atoms with E-state index >= 15 is 0 Å². The molecule has 2 amide bonds. The summed E-state index contributed by atoms with van der Waals surface area (Å²) in [5.74, 6) is -1.03. The van der Waals surface area contributed by atoms with Crippen molar-refractivity contribution in [2.45, 2.75) is 56.5 Å².